The second kappa shape index (κ2) is 6.33. The molecule has 1 N–H and O–H groups in total. The van der Waals surface area contributed by atoms with Crippen LogP contribution in [0, 0.1) is 18.3 Å². The highest BCUT2D eigenvalue weighted by Gasteiger charge is 2.08. The molecule has 1 aromatic heterocycles. The second-order valence-electron chi connectivity index (χ2n) is 4.29. The zero-order chi connectivity index (χ0) is 14.5. The first kappa shape index (κ1) is 14.3. The topological polar surface area (TPSA) is 62.1 Å². The van der Waals surface area contributed by atoms with Gasteiger partial charge < -0.3 is 10.1 Å². The van der Waals surface area contributed by atoms with Gasteiger partial charge in [-0.05, 0) is 36.2 Å². The van der Waals surface area contributed by atoms with Gasteiger partial charge in [0, 0.05) is 17.7 Å². The molecule has 0 unspecified atom stereocenters. The van der Waals surface area contributed by atoms with Crippen LogP contribution in [0.2, 0.25) is 0 Å². The smallest absolute Gasteiger partial charge is 0.250 e. The highest BCUT2D eigenvalue weighted by molar-refractivity contribution is 7.16. The van der Waals surface area contributed by atoms with Crippen LogP contribution in [0.1, 0.15) is 10.4 Å². The molecule has 0 saturated heterocycles. The van der Waals surface area contributed by atoms with Crippen LogP contribution in [-0.2, 0) is 9.53 Å². The summed E-state index contributed by atoms with van der Waals surface area (Å²) in [6.07, 6.45) is 0. The van der Waals surface area contributed by atoms with E-state index in [0.29, 0.717) is 4.88 Å². The number of carbonyl (C=O) groups excluding carboxylic acids is 1. The third-order valence-corrected chi connectivity index (χ3v) is 3.83. The molecule has 0 saturated carbocycles. The van der Waals surface area contributed by atoms with Gasteiger partial charge in [0.15, 0.2) is 0 Å². The molecule has 1 heterocycles. The number of hydrogen-bond acceptors (Lipinski definition) is 4. The Bertz CT molecular complexity index is 671. The van der Waals surface area contributed by atoms with Crippen LogP contribution in [0.15, 0.2) is 30.3 Å². The van der Waals surface area contributed by atoms with Gasteiger partial charge in [-0.25, -0.2) is 0 Å². The van der Waals surface area contributed by atoms with Gasteiger partial charge in [0.25, 0.3) is 0 Å². The first-order chi connectivity index (χ1) is 9.63. The number of methoxy groups -OCH3 is 1. The standard InChI is InChI=1S/C15H14N2O2S/c1-10-3-4-11(14-6-5-12(8-16)20-14)7-13(10)17-15(18)9-19-2/h3-7H,9H2,1-2H3,(H,17,18). The minimum absolute atomic E-state index is 0.0290. The lowest BCUT2D eigenvalue weighted by Crippen LogP contribution is -2.17. The number of hydrogen-bond donors (Lipinski definition) is 1. The molecule has 2 aromatic rings. The fraction of sp³-hybridized carbons (Fsp3) is 0.200. The number of thiophene rings is 1. The Labute approximate surface area is 121 Å². The molecule has 0 atom stereocenters. The molecule has 5 heteroatoms. The molecule has 0 radical (unpaired) electrons. The van der Waals surface area contributed by atoms with E-state index in [1.54, 1.807) is 6.07 Å². The lowest BCUT2D eigenvalue weighted by atomic mass is 10.1. The number of nitriles is 1. The summed E-state index contributed by atoms with van der Waals surface area (Å²) >= 11 is 1.43. The summed E-state index contributed by atoms with van der Waals surface area (Å²) in [5.74, 6) is -0.184. The lowest BCUT2D eigenvalue weighted by Gasteiger charge is -2.09. The van der Waals surface area contributed by atoms with Crippen molar-refractivity contribution >= 4 is 22.9 Å². The fourth-order valence-electron chi connectivity index (χ4n) is 1.78. The van der Waals surface area contributed by atoms with E-state index >= 15 is 0 Å². The third kappa shape index (κ3) is 3.23. The van der Waals surface area contributed by atoms with Crippen LogP contribution < -0.4 is 5.32 Å². The van der Waals surface area contributed by atoms with Crippen LogP contribution in [0.5, 0.6) is 0 Å². The number of benzene rings is 1. The first-order valence-corrected chi connectivity index (χ1v) is 6.85. The minimum Gasteiger partial charge on any atom is -0.375 e. The van der Waals surface area contributed by atoms with Gasteiger partial charge in [-0.3, -0.25) is 4.79 Å². The van der Waals surface area contributed by atoms with Gasteiger partial charge >= 0.3 is 0 Å². The van der Waals surface area contributed by atoms with Crippen molar-refractivity contribution in [3.8, 4) is 16.5 Å². The van der Waals surface area contributed by atoms with Crippen molar-refractivity contribution in [2.75, 3.05) is 19.0 Å². The Kier molecular flexibility index (Phi) is 4.51. The van der Waals surface area contributed by atoms with Crippen LogP contribution in [0.25, 0.3) is 10.4 Å². The zero-order valence-corrected chi connectivity index (χ0v) is 12.1. The molecule has 0 aliphatic rings. The average Bonchev–Trinajstić information content (AvgIpc) is 2.90. The molecule has 0 aliphatic heterocycles. The minimum atomic E-state index is -0.184. The van der Waals surface area contributed by atoms with E-state index in [-0.39, 0.29) is 12.5 Å². The van der Waals surface area contributed by atoms with E-state index in [2.05, 4.69) is 11.4 Å². The summed E-state index contributed by atoms with van der Waals surface area (Å²) in [5, 5.41) is 11.7. The number of carbonyl (C=O) groups is 1. The Morgan fingerprint density at radius 3 is 2.85 bits per heavy atom. The largest absolute Gasteiger partial charge is 0.375 e. The van der Waals surface area contributed by atoms with Crippen molar-refractivity contribution in [2.45, 2.75) is 6.92 Å². The maximum absolute atomic E-state index is 11.6. The second-order valence-corrected chi connectivity index (χ2v) is 5.37. The molecule has 0 spiro atoms. The Morgan fingerprint density at radius 1 is 1.40 bits per heavy atom. The van der Waals surface area contributed by atoms with Gasteiger partial charge in [-0.15, -0.1) is 11.3 Å². The summed E-state index contributed by atoms with van der Waals surface area (Å²) in [7, 11) is 1.48. The monoisotopic (exact) mass is 286 g/mol. The average molecular weight is 286 g/mol. The summed E-state index contributed by atoms with van der Waals surface area (Å²) in [6, 6.07) is 11.7. The molecule has 0 bridgehead atoms. The SMILES string of the molecule is COCC(=O)Nc1cc(-c2ccc(C#N)s2)ccc1C. The predicted octanol–water partition coefficient (Wildman–Crippen LogP) is 3.18. The van der Waals surface area contributed by atoms with E-state index in [1.807, 2.05) is 31.2 Å². The predicted molar refractivity (Wildman–Crippen MR) is 79.7 cm³/mol. The first-order valence-electron chi connectivity index (χ1n) is 6.04. The fourth-order valence-corrected chi connectivity index (χ4v) is 2.58. The number of nitrogens with zero attached hydrogens (tertiary/aromatic N) is 1. The number of rotatable bonds is 4. The highest BCUT2D eigenvalue weighted by atomic mass is 32.1. The maximum Gasteiger partial charge on any atom is 0.250 e. The van der Waals surface area contributed by atoms with Crippen molar-refractivity contribution in [3.63, 3.8) is 0 Å². The molecule has 0 fully saturated rings. The molecule has 4 nitrogen and oxygen atoms in total. The van der Waals surface area contributed by atoms with Crippen molar-refractivity contribution in [3.05, 3.63) is 40.8 Å². The van der Waals surface area contributed by atoms with Crippen LogP contribution in [-0.4, -0.2) is 19.6 Å². The summed E-state index contributed by atoms with van der Waals surface area (Å²) in [6.45, 7) is 1.96. The van der Waals surface area contributed by atoms with Gasteiger partial charge in [-0.1, -0.05) is 12.1 Å². The van der Waals surface area contributed by atoms with E-state index in [4.69, 9.17) is 10.00 Å². The van der Waals surface area contributed by atoms with Crippen molar-refractivity contribution in [1.29, 1.82) is 5.26 Å². The molecule has 0 aliphatic carbocycles. The van der Waals surface area contributed by atoms with Crippen LogP contribution >= 0.6 is 11.3 Å². The van der Waals surface area contributed by atoms with Crippen molar-refractivity contribution in [2.24, 2.45) is 0 Å². The highest BCUT2D eigenvalue weighted by Crippen LogP contribution is 2.30. The third-order valence-electron chi connectivity index (χ3n) is 2.79. The lowest BCUT2D eigenvalue weighted by molar-refractivity contribution is -0.119. The summed E-state index contributed by atoms with van der Waals surface area (Å²) in [4.78, 5) is 13.3. The normalized spacial score (nSPS) is 10.1. The molecule has 102 valence electrons. The molecule has 1 aromatic carbocycles. The Morgan fingerprint density at radius 2 is 2.20 bits per heavy atom. The Hall–Kier alpha value is -2.16. The molecule has 2 rings (SSSR count). The quantitative estimate of drug-likeness (QED) is 0.939. The number of ether oxygens (including phenoxy) is 1. The van der Waals surface area contributed by atoms with Gasteiger partial charge in [0.2, 0.25) is 5.91 Å². The number of aryl methyl sites for hydroxylation is 1. The van der Waals surface area contributed by atoms with Crippen molar-refractivity contribution in [1.82, 2.24) is 0 Å². The zero-order valence-electron chi connectivity index (χ0n) is 11.3. The number of anilines is 1. The summed E-state index contributed by atoms with van der Waals surface area (Å²) in [5.41, 5.74) is 2.72. The maximum atomic E-state index is 11.6. The van der Waals surface area contributed by atoms with Crippen molar-refractivity contribution < 1.29 is 9.53 Å². The van der Waals surface area contributed by atoms with E-state index in [1.165, 1.54) is 18.4 Å². The van der Waals surface area contributed by atoms with Gasteiger partial charge in [0.05, 0.1) is 0 Å². The molecular formula is C15H14N2O2S. The summed E-state index contributed by atoms with van der Waals surface area (Å²) < 4.78 is 4.80. The van der Waals surface area contributed by atoms with E-state index < -0.39 is 0 Å². The molecule has 20 heavy (non-hydrogen) atoms. The van der Waals surface area contributed by atoms with Crippen LogP contribution in [0.4, 0.5) is 5.69 Å². The number of amides is 1. The van der Waals surface area contributed by atoms with Crippen LogP contribution in [0.3, 0.4) is 0 Å². The molecule has 1 amide bonds. The van der Waals surface area contributed by atoms with Gasteiger partial charge in [-0.2, -0.15) is 5.26 Å². The Balaban J connectivity index is 2.28. The van der Waals surface area contributed by atoms with E-state index in [0.717, 1.165) is 21.7 Å². The number of nitrogens with one attached hydrogen (secondary N) is 1. The molecular weight excluding hydrogens is 272 g/mol. The van der Waals surface area contributed by atoms with E-state index in [9.17, 15) is 4.79 Å². The van der Waals surface area contributed by atoms with Gasteiger partial charge in [0.1, 0.15) is 17.6 Å².